The Balaban J connectivity index is 1.67. The molecule has 122 valence electrons. The van der Waals surface area contributed by atoms with E-state index >= 15 is 0 Å². The molecule has 1 aliphatic rings. The Hall–Kier alpha value is -2.70. The van der Waals surface area contributed by atoms with Crippen LogP contribution in [0.15, 0.2) is 71.8 Å². The quantitative estimate of drug-likeness (QED) is 0.428. The fraction of sp³-hybridized carbons (Fsp3) is 0. The molecular weight excluding hydrogens is 352 g/mol. The molecular formula is C19H12N2O2S2. The monoisotopic (exact) mass is 364 g/mol. The van der Waals surface area contributed by atoms with Gasteiger partial charge in [0.1, 0.15) is 0 Å². The van der Waals surface area contributed by atoms with Gasteiger partial charge in [0.25, 0.3) is 5.91 Å². The van der Waals surface area contributed by atoms with E-state index in [0.717, 1.165) is 22.7 Å². The van der Waals surface area contributed by atoms with Gasteiger partial charge in [-0.1, -0.05) is 60.4 Å². The molecule has 1 fully saturated rings. The molecule has 0 aliphatic carbocycles. The minimum Gasteiger partial charge on any atom is -0.360 e. The zero-order chi connectivity index (χ0) is 17.4. The first-order valence-corrected chi connectivity index (χ1v) is 8.81. The lowest BCUT2D eigenvalue weighted by atomic mass is 10.1. The summed E-state index contributed by atoms with van der Waals surface area (Å²) in [6.45, 7) is 0. The van der Waals surface area contributed by atoms with E-state index in [2.05, 4.69) is 4.98 Å². The van der Waals surface area contributed by atoms with Crippen molar-refractivity contribution in [3.05, 3.63) is 77.3 Å². The van der Waals surface area contributed by atoms with Crippen LogP contribution in [0.2, 0.25) is 0 Å². The van der Waals surface area contributed by atoms with Crippen molar-refractivity contribution < 1.29 is 9.59 Å². The summed E-state index contributed by atoms with van der Waals surface area (Å²) in [6.07, 6.45) is 3.04. The number of hydrogen-bond acceptors (Lipinski definition) is 4. The van der Waals surface area contributed by atoms with E-state index < -0.39 is 0 Å². The third-order valence-corrected chi connectivity index (χ3v) is 5.23. The molecule has 3 aromatic rings. The van der Waals surface area contributed by atoms with Crippen molar-refractivity contribution in [3.8, 4) is 0 Å². The maximum Gasteiger partial charge on any atom is 0.270 e. The number of anilines is 1. The molecule has 4 nitrogen and oxygen atoms in total. The maximum absolute atomic E-state index is 12.7. The highest BCUT2D eigenvalue weighted by Gasteiger charge is 2.33. The van der Waals surface area contributed by atoms with Crippen molar-refractivity contribution in [1.29, 1.82) is 0 Å². The van der Waals surface area contributed by atoms with E-state index in [9.17, 15) is 9.59 Å². The summed E-state index contributed by atoms with van der Waals surface area (Å²) in [5.74, 6) is -0.486. The van der Waals surface area contributed by atoms with E-state index in [1.807, 2.05) is 54.6 Å². The summed E-state index contributed by atoms with van der Waals surface area (Å²) < 4.78 is 0.425. The number of para-hydroxylation sites is 2. The standard InChI is InChI=1S/C19H12N2O2S2/c22-16(14-11-20-15-9-5-4-8-13(14)15)10-17-18(23)21(19(24)25-17)12-6-2-1-3-7-12/h1-11,20H/b17-10-. The Morgan fingerprint density at radius 1 is 1.08 bits per heavy atom. The third-order valence-electron chi connectivity index (χ3n) is 3.93. The van der Waals surface area contributed by atoms with Crippen LogP contribution in [-0.4, -0.2) is 21.0 Å². The van der Waals surface area contributed by atoms with Crippen LogP contribution in [0.1, 0.15) is 10.4 Å². The molecule has 2 heterocycles. The highest BCUT2D eigenvalue weighted by atomic mass is 32.2. The smallest absolute Gasteiger partial charge is 0.270 e. The molecule has 2 aromatic carbocycles. The number of carbonyl (C=O) groups excluding carboxylic acids is 2. The molecule has 1 saturated heterocycles. The molecule has 25 heavy (non-hydrogen) atoms. The molecule has 4 rings (SSSR count). The second-order valence-electron chi connectivity index (χ2n) is 5.46. The lowest BCUT2D eigenvalue weighted by molar-refractivity contribution is -0.113. The van der Waals surface area contributed by atoms with E-state index in [0.29, 0.717) is 20.5 Å². The summed E-state index contributed by atoms with van der Waals surface area (Å²) in [4.78, 5) is 30.2. The van der Waals surface area contributed by atoms with Gasteiger partial charge in [-0.2, -0.15) is 0 Å². The zero-order valence-electron chi connectivity index (χ0n) is 12.9. The van der Waals surface area contributed by atoms with Gasteiger partial charge in [0.05, 0.1) is 10.6 Å². The molecule has 1 N–H and O–H groups in total. The van der Waals surface area contributed by atoms with Crippen molar-refractivity contribution in [3.63, 3.8) is 0 Å². The molecule has 0 bridgehead atoms. The van der Waals surface area contributed by atoms with Crippen molar-refractivity contribution in [2.45, 2.75) is 0 Å². The number of ketones is 1. The third kappa shape index (κ3) is 2.79. The summed E-state index contributed by atoms with van der Waals surface area (Å²) >= 11 is 6.46. The summed E-state index contributed by atoms with van der Waals surface area (Å²) in [6, 6.07) is 16.7. The number of aromatic nitrogens is 1. The van der Waals surface area contributed by atoms with Crippen LogP contribution in [-0.2, 0) is 4.79 Å². The maximum atomic E-state index is 12.7. The highest BCUT2D eigenvalue weighted by Crippen LogP contribution is 2.35. The number of rotatable bonds is 3. The van der Waals surface area contributed by atoms with Gasteiger partial charge in [0, 0.05) is 28.7 Å². The number of amides is 1. The van der Waals surface area contributed by atoms with Crippen LogP contribution < -0.4 is 4.90 Å². The van der Waals surface area contributed by atoms with Gasteiger partial charge in [-0.25, -0.2) is 0 Å². The Kier molecular flexibility index (Phi) is 3.99. The molecule has 0 saturated carbocycles. The number of carbonyl (C=O) groups is 2. The van der Waals surface area contributed by atoms with Crippen LogP contribution in [0.3, 0.4) is 0 Å². The molecule has 1 aromatic heterocycles. The van der Waals surface area contributed by atoms with Crippen LogP contribution in [0.25, 0.3) is 10.9 Å². The molecule has 0 radical (unpaired) electrons. The first-order valence-electron chi connectivity index (χ1n) is 7.58. The minimum absolute atomic E-state index is 0.217. The number of allylic oxidation sites excluding steroid dienone is 1. The Labute approximate surface area is 153 Å². The molecule has 1 amide bonds. The summed E-state index contributed by atoms with van der Waals surface area (Å²) in [7, 11) is 0. The van der Waals surface area contributed by atoms with Crippen molar-refractivity contribution in [2.24, 2.45) is 0 Å². The molecule has 0 unspecified atom stereocenters. The van der Waals surface area contributed by atoms with Gasteiger partial charge in [0.15, 0.2) is 10.1 Å². The van der Waals surface area contributed by atoms with Gasteiger partial charge in [0.2, 0.25) is 0 Å². The minimum atomic E-state index is -0.269. The normalized spacial score (nSPS) is 16.2. The van der Waals surface area contributed by atoms with Crippen LogP contribution >= 0.6 is 24.0 Å². The van der Waals surface area contributed by atoms with E-state index in [1.165, 1.54) is 11.0 Å². The molecule has 6 heteroatoms. The second kappa shape index (κ2) is 6.31. The van der Waals surface area contributed by atoms with Gasteiger partial charge in [-0.15, -0.1) is 0 Å². The van der Waals surface area contributed by atoms with E-state index in [-0.39, 0.29) is 11.7 Å². The number of hydrogen-bond donors (Lipinski definition) is 1. The first kappa shape index (κ1) is 15.8. The average Bonchev–Trinajstić information content (AvgIpc) is 3.17. The SMILES string of the molecule is O=C(/C=C1\SC(=S)N(c2ccccc2)C1=O)c1c[nH]c2ccccc12. The lowest BCUT2D eigenvalue weighted by Gasteiger charge is -2.13. The van der Waals surface area contributed by atoms with Gasteiger partial charge in [-0.05, 0) is 18.2 Å². The van der Waals surface area contributed by atoms with E-state index in [4.69, 9.17) is 12.2 Å². The molecule has 0 atom stereocenters. The molecule has 0 spiro atoms. The molecule has 1 aliphatic heterocycles. The number of thioether (sulfide) groups is 1. The topological polar surface area (TPSA) is 53.2 Å². The lowest BCUT2D eigenvalue weighted by Crippen LogP contribution is -2.27. The van der Waals surface area contributed by atoms with Crippen LogP contribution in [0.5, 0.6) is 0 Å². The highest BCUT2D eigenvalue weighted by molar-refractivity contribution is 8.27. The Bertz CT molecular complexity index is 1040. The largest absolute Gasteiger partial charge is 0.360 e. The summed E-state index contributed by atoms with van der Waals surface area (Å²) in [5.41, 5.74) is 2.13. The number of nitrogens with zero attached hydrogens (tertiary/aromatic N) is 1. The van der Waals surface area contributed by atoms with Crippen molar-refractivity contribution >= 4 is 56.6 Å². The second-order valence-corrected chi connectivity index (χ2v) is 7.14. The predicted molar refractivity (Wildman–Crippen MR) is 105 cm³/mol. The average molecular weight is 364 g/mol. The van der Waals surface area contributed by atoms with Gasteiger partial charge in [-0.3, -0.25) is 14.5 Å². The van der Waals surface area contributed by atoms with Gasteiger partial charge >= 0.3 is 0 Å². The number of aromatic amines is 1. The number of fused-ring (bicyclic) bond motifs is 1. The van der Waals surface area contributed by atoms with Crippen molar-refractivity contribution in [2.75, 3.05) is 4.90 Å². The summed E-state index contributed by atoms with van der Waals surface area (Å²) in [5, 5.41) is 0.835. The zero-order valence-corrected chi connectivity index (χ0v) is 14.6. The number of nitrogens with one attached hydrogen (secondary N) is 1. The first-order chi connectivity index (χ1) is 12.1. The number of benzene rings is 2. The Morgan fingerprint density at radius 3 is 2.60 bits per heavy atom. The van der Waals surface area contributed by atoms with Gasteiger partial charge < -0.3 is 4.98 Å². The van der Waals surface area contributed by atoms with Crippen molar-refractivity contribution in [1.82, 2.24) is 4.98 Å². The fourth-order valence-corrected chi connectivity index (χ4v) is 4.01. The van der Waals surface area contributed by atoms with Crippen LogP contribution in [0.4, 0.5) is 5.69 Å². The van der Waals surface area contributed by atoms with E-state index in [1.54, 1.807) is 6.20 Å². The number of thiocarbonyl (C=S) groups is 1. The number of H-pyrrole nitrogens is 1. The van der Waals surface area contributed by atoms with Crippen LogP contribution in [0, 0.1) is 0 Å². The fourth-order valence-electron chi connectivity index (χ4n) is 2.74. The Morgan fingerprint density at radius 2 is 1.80 bits per heavy atom. The predicted octanol–water partition coefficient (Wildman–Crippen LogP) is 4.30.